The van der Waals surface area contributed by atoms with E-state index < -0.39 is 0 Å². The van der Waals surface area contributed by atoms with Crippen LogP contribution in [-0.2, 0) is 11.3 Å². The van der Waals surface area contributed by atoms with Gasteiger partial charge in [0.05, 0.1) is 0 Å². The molecule has 0 unspecified atom stereocenters. The van der Waals surface area contributed by atoms with Gasteiger partial charge in [-0.05, 0) is 34.9 Å². The number of carbonyl (C=O) groups excluding carboxylic acids is 2. The van der Waals surface area contributed by atoms with Crippen molar-refractivity contribution >= 4 is 17.5 Å². The van der Waals surface area contributed by atoms with E-state index in [1.807, 2.05) is 24.3 Å². The van der Waals surface area contributed by atoms with Crippen molar-refractivity contribution in [2.45, 2.75) is 26.3 Å². The molecule has 0 saturated carbocycles. The molecule has 0 saturated heterocycles. The van der Waals surface area contributed by atoms with Crippen molar-refractivity contribution in [1.82, 2.24) is 25.5 Å². The summed E-state index contributed by atoms with van der Waals surface area (Å²) in [6.45, 7) is 4.18. The van der Waals surface area contributed by atoms with E-state index >= 15 is 0 Å². The molecule has 2 N–H and O–H groups in total. The van der Waals surface area contributed by atoms with Crippen molar-refractivity contribution in [3.8, 4) is 11.4 Å². The summed E-state index contributed by atoms with van der Waals surface area (Å²) in [5, 5.41) is 17.5. The summed E-state index contributed by atoms with van der Waals surface area (Å²) >= 11 is 0. The first-order chi connectivity index (χ1) is 13.5. The summed E-state index contributed by atoms with van der Waals surface area (Å²) in [5.41, 5.74) is 3.06. The third-order valence-electron chi connectivity index (χ3n) is 4.21. The number of aromatic nitrogens is 4. The molecular weight excluding hydrogens is 356 g/mol. The molecule has 2 amide bonds. The Bertz CT molecular complexity index is 978. The molecular formula is C20H22N6O2. The van der Waals surface area contributed by atoms with E-state index in [4.69, 9.17) is 0 Å². The smallest absolute Gasteiger partial charge is 0.251 e. The lowest BCUT2D eigenvalue weighted by Gasteiger charge is -2.06. The van der Waals surface area contributed by atoms with Gasteiger partial charge in [0, 0.05) is 23.9 Å². The second-order valence-corrected chi connectivity index (χ2v) is 6.63. The minimum absolute atomic E-state index is 0.0821. The zero-order chi connectivity index (χ0) is 20.1. The third kappa shape index (κ3) is 4.59. The van der Waals surface area contributed by atoms with Crippen molar-refractivity contribution in [2.24, 2.45) is 0 Å². The number of carbonyl (C=O) groups is 2. The van der Waals surface area contributed by atoms with E-state index in [2.05, 4.69) is 39.9 Å². The number of tetrazole rings is 1. The molecule has 0 bridgehead atoms. The Hall–Kier alpha value is -3.55. The predicted octanol–water partition coefficient (Wildman–Crippen LogP) is 2.46. The molecule has 8 heteroatoms. The average molecular weight is 378 g/mol. The van der Waals surface area contributed by atoms with Crippen LogP contribution in [0.5, 0.6) is 0 Å². The standard InChI is InChI=1S/C20H22N6O2/c1-13(2)14-7-9-15(10-8-14)19-23-25-26(24-19)12-18(27)22-17-6-4-5-16(11-17)20(28)21-3/h4-11,13H,12H2,1-3H3,(H,21,28)(H,22,27). The molecule has 1 aromatic heterocycles. The number of hydrogen-bond donors (Lipinski definition) is 2. The predicted molar refractivity (Wildman–Crippen MR) is 106 cm³/mol. The number of rotatable bonds is 6. The maximum atomic E-state index is 12.3. The molecule has 0 aliphatic rings. The van der Waals surface area contributed by atoms with Crippen LogP contribution in [0.25, 0.3) is 11.4 Å². The second kappa shape index (κ2) is 8.43. The van der Waals surface area contributed by atoms with Crippen LogP contribution in [0.1, 0.15) is 35.7 Å². The molecule has 3 rings (SSSR count). The Morgan fingerprint density at radius 1 is 1.11 bits per heavy atom. The molecule has 0 spiro atoms. The van der Waals surface area contributed by atoms with Gasteiger partial charge in [0.25, 0.3) is 5.91 Å². The minimum atomic E-state index is -0.312. The molecule has 0 radical (unpaired) electrons. The van der Waals surface area contributed by atoms with Gasteiger partial charge in [0.15, 0.2) is 0 Å². The van der Waals surface area contributed by atoms with Gasteiger partial charge in [0.1, 0.15) is 6.54 Å². The molecule has 0 aliphatic heterocycles. The summed E-state index contributed by atoms with van der Waals surface area (Å²) in [5.74, 6) is 0.378. The van der Waals surface area contributed by atoms with Crippen molar-refractivity contribution in [3.63, 3.8) is 0 Å². The van der Waals surface area contributed by atoms with Crippen LogP contribution in [0.15, 0.2) is 48.5 Å². The molecule has 3 aromatic rings. The fraction of sp³-hybridized carbons (Fsp3) is 0.250. The summed E-state index contributed by atoms with van der Waals surface area (Å²) in [6, 6.07) is 14.6. The first kappa shape index (κ1) is 19.2. The second-order valence-electron chi connectivity index (χ2n) is 6.63. The number of amides is 2. The van der Waals surface area contributed by atoms with E-state index in [0.29, 0.717) is 23.0 Å². The van der Waals surface area contributed by atoms with E-state index in [1.165, 1.54) is 10.4 Å². The van der Waals surface area contributed by atoms with Gasteiger partial charge >= 0.3 is 0 Å². The number of nitrogens with zero attached hydrogens (tertiary/aromatic N) is 4. The van der Waals surface area contributed by atoms with Gasteiger partial charge < -0.3 is 10.6 Å². The molecule has 0 fully saturated rings. The highest BCUT2D eigenvalue weighted by molar-refractivity contribution is 5.96. The van der Waals surface area contributed by atoms with Crippen molar-refractivity contribution in [2.75, 3.05) is 12.4 Å². The minimum Gasteiger partial charge on any atom is -0.355 e. The van der Waals surface area contributed by atoms with E-state index in [0.717, 1.165) is 5.56 Å². The molecule has 8 nitrogen and oxygen atoms in total. The van der Waals surface area contributed by atoms with Gasteiger partial charge in [-0.15, -0.1) is 10.2 Å². The van der Waals surface area contributed by atoms with Gasteiger partial charge in [-0.25, -0.2) is 0 Å². The quantitative estimate of drug-likeness (QED) is 0.686. The van der Waals surface area contributed by atoms with Crippen molar-refractivity contribution < 1.29 is 9.59 Å². The Morgan fingerprint density at radius 3 is 2.54 bits per heavy atom. The van der Waals surface area contributed by atoms with E-state index in [1.54, 1.807) is 31.3 Å². The zero-order valence-electron chi connectivity index (χ0n) is 16.0. The van der Waals surface area contributed by atoms with Crippen LogP contribution in [0.4, 0.5) is 5.69 Å². The van der Waals surface area contributed by atoms with Crippen LogP contribution in [0, 0.1) is 0 Å². The van der Waals surface area contributed by atoms with Crippen molar-refractivity contribution in [3.05, 3.63) is 59.7 Å². The zero-order valence-corrected chi connectivity index (χ0v) is 16.0. The lowest BCUT2D eigenvalue weighted by atomic mass is 10.0. The summed E-state index contributed by atoms with van der Waals surface area (Å²) < 4.78 is 0. The molecule has 2 aromatic carbocycles. The molecule has 0 atom stereocenters. The lowest BCUT2D eigenvalue weighted by molar-refractivity contribution is -0.117. The average Bonchev–Trinajstić information content (AvgIpc) is 3.15. The monoisotopic (exact) mass is 378 g/mol. The first-order valence-electron chi connectivity index (χ1n) is 8.96. The number of nitrogens with one attached hydrogen (secondary N) is 2. The Morgan fingerprint density at radius 2 is 1.86 bits per heavy atom. The topological polar surface area (TPSA) is 102 Å². The molecule has 1 heterocycles. The van der Waals surface area contributed by atoms with Crippen LogP contribution in [0.2, 0.25) is 0 Å². The number of benzene rings is 2. The summed E-state index contributed by atoms with van der Waals surface area (Å²) in [6.07, 6.45) is 0. The Balaban J connectivity index is 1.65. The van der Waals surface area contributed by atoms with E-state index in [-0.39, 0.29) is 18.4 Å². The fourth-order valence-corrected chi connectivity index (χ4v) is 2.65. The third-order valence-corrected chi connectivity index (χ3v) is 4.21. The highest BCUT2D eigenvalue weighted by atomic mass is 16.2. The van der Waals surface area contributed by atoms with Crippen LogP contribution in [-0.4, -0.2) is 39.1 Å². The molecule has 0 aliphatic carbocycles. The van der Waals surface area contributed by atoms with Crippen LogP contribution in [0.3, 0.4) is 0 Å². The SMILES string of the molecule is CNC(=O)c1cccc(NC(=O)Cn2nnc(-c3ccc(C(C)C)cc3)n2)c1. The first-order valence-corrected chi connectivity index (χ1v) is 8.96. The maximum absolute atomic E-state index is 12.3. The van der Waals surface area contributed by atoms with Crippen molar-refractivity contribution in [1.29, 1.82) is 0 Å². The van der Waals surface area contributed by atoms with Gasteiger partial charge in [0.2, 0.25) is 11.7 Å². The highest BCUT2D eigenvalue weighted by Crippen LogP contribution is 2.19. The molecule has 144 valence electrons. The summed E-state index contributed by atoms with van der Waals surface area (Å²) in [4.78, 5) is 25.2. The van der Waals surface area contributed by atoms with Gasteiger partial charge in [-0.3, -0.25) is 9.59 Å². The van der Waals surface area contributed by atoms with Crippen LogP contribution < -0.4 is 10.6 Å². The lowest BCUT2D eigenvalue weighted by Crippen LogP contribution is -2.21. The normalized spacial score (nSPS) is 10.7. The largest absolute Gasteiger partial charge is 0.355 e. The number of anilines is 1. The maximum Gasteiger partial charge on any atom is 0.251 e. The van der Waals surface area contributed by atoms with Gasteiger partial charge in [-0.1, -0.05) is 44.2 Å². The highest BCUT2D eigenvalue weighted by Gasteiger charge is 2.11. The fourth-order valence-electron chi connectivity index (χ4n) is 2.65. The summed E-state index contributed by atoms with van der Waals surface area (Å²) in [7, 11) is 1.55. The van der Waals surface area contributed by atoms with Gasteiger partial charge in [-0.2, -0.15) is 4.80 Å². The Kier molecular flexibility index (Phi) is 5.78. The van der Waals surface area contributed by atoms with E-state index in [9.17, 15) is 9.59 Å². The molecule has 28 heavy (non-hydrogen) atoms. The Labute approximate surface area is 163 Å². The van der Waals surface area contributed by atoms with Crippen LogP contribution >= 0.6 is 0 Å². The number of hydrogen-bond acceptors (Lipinski definition) is 5.